The molecule has 0 aliphatic heterocycles. The molecule has 1 heterocycles. The van der Waals surface area contributed by atoms with Crippen LogP contribution in [0.15, 0.2) is 29.1 Å². The van der Waals surface area contributed by atoms with Crippen LogP contribution in [0.5, 0.6) is 23.0 Å². The van der Waals surface area contributed by atoms with Crippen LogP contribution in [0.4, 0.5) is 0 Å². The predicted molar refractivity (Wildman–Crippen MR) is 92.9 cm³/mol. The summed E-state index contributed by atoms with van der Waals surface area (Å²) in [5.74, 6) is 2.16. The van der Waals surface area contributed by atoms with Crippen molar-refractivity contribution in [2.24, 2.45) is 7.05 Å². The Morgan fingerprint density at radius 3 is 2.17 bits per heavy atom. The molecule has 0 N–H and O–H groups in total. The third-order valence-corrected chi connectivity index (χ3v) is 4.20. The van der Waals surface area contributed by atoms with Gasteiger partial charge in [0, 0.05) is 19.2 Å². The number of pyridine rings is 1. The summed E-state index contributed by atoms with van der Waals surface area (Å²) < 4.78 is 23.5. The Labute approximate surface area is 139 Å². The van der Waals surface area contributed by atoms with E-state index in [1.54, 1.807) is 45.6 Å². The molecule has 6 nitrogen and oxygen atoms in total. The van der Waals surface area contributed by atoms with Crippen LogP contribution in [0.3, 0.4) is 0 Å². The summed E-state index contributed by atoms with van der Waals surface area (Å²) in [5.41, 5.74) is 1.22. The van der Waals surface area contributed by atoms with Crippen molar-refractivity contribution < 1.29 is 18.9 Å². The number of hydrogen-bond donors (Lipinski definition) is 0. The molecular weight excluding hydrogens is 310 g/mol. The number of rotatable bonds is 4. The molecule has 3 aromatic rings. The van der Waals surface area contributed by atoms with E-state index in [4.69, 9.17) is 18.9 Å². The second-order valence-electron chi connectivity index (χ2n) is 5.31. The molecule has 6 heteroatoms. The third kappa shape index (κ3) is 2.14. The maximum absolute atomic E-state index is 13.1. The van der Waals surface area contributed by atoms with Crippen LogP contribution >= 0.6 is 0 Å². The molecule has 0 aliphatic rings. The zero-order valence-corrected chi connectivity index (χ0v) is 14.3. The maximum atomic E-state index is 13.1. The van der Waals surface area contributed by atoms with Gasteiger partial charge in [0.2, 0.25) is 5.43 Å². The molecule has 3 rings (SSSR count). The van der Waals surface area contributed by atoms with Gasteiger partial charge in [0.25, 0.3) is 0 Å². The monoisotopic (exact) mass is 329 g/mol. The summed E-state index contributed by atoms with van der Waals surface area (Å²) in [7, 11) is 8.09. The fourth-order valence-corrected chi connectivity index (χ4v) is 3.03. The lowest BCUT2D eigenvalue weighted by molar-refractivity contribution is 0.357. The first-order valence-electron chi connectivity index (χ1n) is 7.36. The molecule has 1 aromatic heterocycles. The van der Waals surface area contributed by atoms with Crippen LogP contribution in [-0.2, 0) is 7.05 Å². The van der Waals surface area contributed by atoms with Crippen LogP contribution in [0.1, 0.15) is 0 Å². The SMILES string of the molecule is COc1cc(OC)c2c(=O)c3ccc(OC)c(OC)c3n(C)c2c1. The minimum atomic E-state index is -0.126. The summed E-state index contributed by atoms with van der Waals surface area (Å²) in [6.45, 7) is 0. The van der Waals surface area contributed by atoms with E-state index >= 15 is 0 Å². The molecule has 0 atom stereocenters. The first kappa shape index (κ1) is 16.0. The van der Waals surface area contributed by atoms with E-state index in [0.29, 0.717) is 44.8 Å². The second kappa shape index (κ2) is 5.96. The van der Waals surface area contributed by atoms with E-state index in [-0.39, 0.29) is 5.43 Å². The number of aromatic nitrogens is 1. The highest BCUT2D eigenvalue weighted by atomic mass is 16.5. The minimum absolute atomic E-state index is 0.126. The standard InChI is InChI=1S/C18H19NO5/c1-19-12-8-10(21-2)9-14(23-4)15(12)17(20)11-6-7-13(22-3)18(24-5)16(11)19/h6-9H,1-5H3. The van der Waals surface area contributed by atoms with Crippen molar-refractivity contribution in [3.63, 3.8) is 0 Å². The molecular formula is C18H19NO5. The highest BCUT2D eigenvalue weighted by Gasteiger charge is 2.19. The zero-order valence-electron chi connectivity index (χ0n) is 14.3. The van der Waals surface area contributed by atoms with Gasteiger partial charge in [0.05, 0.1) is 50.2 Å². The number of nitrogens with zero attached hydrogens (tertiary/aromatic N) is 1. The Balaban J connectivity index is 2.61. The van der Waals surface area contributed by atoms with E-state index in [9.17, 15) is 4.79 Å². The number of hydrogen-bond acceptors (Lipinski definition) is 5. The normalized spacial score (nSPS) is 10.9. The van der Waals surface area contributed by atoms with E-state index in [0.717, 1.165) is 0 Å². The van der Waals surface area contributed by atoms with E-state index in [2.05, 4.69) is 0 Å². The van der Waals surface area contributed by atoms with Gasteiger partial charge in [-0.25, -0.2) is 0 Å². The summed E-state index contributed by atoms with van der Waals surface area (Å²) >= 11 is 0. The largest absolute Gasteiger partial charge is 0.497 e. The minimum Gasteiger partial charge on any atom is -0.497 e. The summed E-state index contributed by atoms with van der Waals surface area (Å²) in [6.07, 6.45) is 0. The van der Waals surface area contributed by atoms with Crippen LogP contribution in [0.2, 0.25) is 0 Å². The van der Waals surface area contributed by atoms with Crippen molar-refractivity contribution in [1.29, 1.82) is 0 Å². The van der Waals surface area contributed by atoms with Crippen LogP contribution in [0, 0.1) is 0 Å². The molecule has 0 saturated carbocycles. The van der Waals surface area contributed by atoms with Gasteiger partial charge < -0.3 is 23.5 Å². The van der Waals surface area contributed by atoms with Crippen molar-refractivity contribution in [2.75, 3.05) is 28.4 Å². The van der Waals surface area contributed by atoms with E-state index < -0.39 is 0 Å². The fourth-order valence-electron chi connectivity index (χ4n) is 3.03. The molecule has 0 fully saturated rings. The Kier molecular flexibility index (Phi) is 3.97. The first-order valence-corrected chi connectivity index (χ1v) is 7.36. The van der Waals surface area contributed by atoms with Gasteiger partial charge in [-0.2, -0.15) is 0 Å². The van der Waals surface area contributed by atoms with Gasteiger partial charge >= 0.3 is 0 Å². The Hall–Kier alpha value is -2.89. The average molecular weight is 329 g/mol. The smallest absolute Gasteiger partial charge is 0.201 e. The highest BCUT2D eigenvalue weighted by molar-refractivity contribution is 6.00. The zero-order chi connectivity index (χ0) is 17.4. The van der Waals surface area contributed by atoms with Gasteiger partial charge in [-0.15, -0.1) is 0 Å². The van der Waals surface area contributed by atoms with Crippen molar-refractivity contribution in [1.82, 2.24) is 4.57 Å². The molecule has 0 unspecified atom stereocenters. The Bertz CT molecular complexity index is 991. The van der Waals surface area contributed by atoms with Gasteiger partial charge in [-0.05, 0) is 12.1 Å². The van der Waals surface area contributed by atoms with Crippen molar-refractivity contribution >= 4 is 21.8 Å². The fraction of sp³-hybridized carbons (Fsp3) is 0.278. The van der Waals surface area contributed by atoms with E-state index in [1.807, 2.05) is 11.6 Å². The van der Waals surface area contributed by atoms with E-state index in [1.165, 1.54) is 7.11 Å². The van der Waals surface area contributed by atoms with Gasteiger partial charge in [0.15, 0.2) is 11.5 Å². The molecule has 2 aromatic carbocycles. The molecule has 0 aliphatic carbocycles. The highest BCUT2D eigenvalue weighted by Crippen LogP contribution is 2.37. The maximum Gasteiger partial charge on any atom is 0.201 e. The molecule has 0 saturated heterocycles. The lowest BCUT2D eigenvalue weighted by Gasteiger charge is -2.17. The summed E-state index contributed by atoms with van der Waals surface area (Å²) in [6, 6.07) is 6.97. The Morgan fingerprint density at radius 1 is 0.875 bits per heavy atom. The van der Waals surface area contributed by atoms with Crippen LogP contribution in [-0.4, -0.2) is 33.0 Å². The number of benzene rings is 2. The van der Waals surface area contributed by atoms with Gasteiger partial charge in [0.1, 0.15) is 11.5 Å². The predicted octanol–water partition coefficient (Wildman–Crippen LogP) is 2.73. The number of aryl methyl sites for hydroxylation is 1. The van der Waals surface area contributed by atoms with Crippen molar-refractivity contribution in [3.8, 4) is 23.0 Å². The van der Waals surface area contributed by atoms with Crippen LogP contribution < -0.4 is 24.4 Å². The molecule has 0 bridgehead atoms. The Morgan fingerprint density at radius 2 is 1.58 bits per heavy atom. The molecule has 126 valence electrons. The molecule has 0 amide bonds. The number of ether oxygens (including phenoxy) is 4. The van der Waals surface area contributed by atoms with Gasteiger partial charge in [-0.3, -0.25) is 4.79 Å². The van der Waals surface area contributed by atoms with Crippen molar-refractivity contribution in [2.45, 2.75) is 0 Å². The number of methoxy groups -OCH3 is 4. The second-order valence-corrected chi connectivity index (χ2v) is 5.31. The first-order chi connectivity index (χ1) is 11.6. The molecule has 0 radical (unpaired) electrons. The quantitative estimate of drug-likeness (QED) is 0.689. The molecule has 24 heavy (non-hydrogen) atoms. The summed E-state index contributed by atoms with van der Waals surface area (Å²) in [5, 5.41) is 1.03. The van der Waals surface area contributed by atoms with Crippen LogP contribution in [0.25, 0.3) is 21.8 Å². The number of fused-ring (bicyclic) bond motifs is 2. The van der Waals surface area contributed by atoms with Crippen molar-refractivity contribution in [3.05, 3.63) is 34.5 Å². The topological polar surface area (TPSA) is 58.9 Å². The van der Waals surface area contributed by atoms with Gasteiger partial charge in [-0.1, -0.05) is 0 Å². The lowest BCUT2D eigenvalue weighted by Crippen LogP contribution is -2.12. The average Bonchev–Trinajstić information content (AvgIpc) is 2.63. The molecule has 0 spiro atoms. The third-order valence-electron chi connectivity index (χ3n) is 4.20. The lowest BCUT2D eigenvalue weighted by atomic mass is 10.1. The summed E-state index contributed by atoms with van der Waals surface area (Å²) in [4.78, 5) is 13.1.